The molecule has 72 valence electrons. The number of carbonyl (C=O) groups excluding carboxylic acids is 1. The van der Waals surface area contributed by atoms with E-state index in [1.165, 1.54) is 16.2 Å². The molecule has 0 saturated heterocycles. The van der Waals surface area contributed by atoms with Crippen molar-refractivity contribution in [2.45, 2.75) is 6.42 Å². The SMILES string of the molecule is O=C(CCl)NCCc1ccc(Cl)s1. The molecule has 1 rings (SSSR count). The van der Waals surface area contributed by atoms with E-state index >= 15 is 0 Å². The van der Waals surface area contributed by atoms with Crippen LogP contribution in [0.5, 0.6) is 0 Å². The van der Waals surface area contributed by atoms with Crippen LogP contribution in [0.2, 0.25) is 4.34 Å². The van der Waals surface area contributed by atoms with Gasteiger partial charge < -0.3 is 5.32 Å². The Morgan fingerprint density at radius 2 is 2.31 bits per heavy atom. The van der Waals surface area contributed by atoms with Crippen molar-refractivity contribution in [3.8, 4) is 0 Å². The lowest BCUT2D eigenvalue weighted by Crippen LogP contribution is -2.26. The molecule has 0 fully saturated rings. The molecule has 0 aromatic carbocycles. The van der Waals surface area contributed by atoms with Crippen molar-refractivity contribution in [1.82, 2.24) is 5.32 Å². The van der Waals surface area contributed by atoms with Crippen LogP contribution in [0.25, 0.3) is 0 Å². The standard InChI is InChI=1S/C8H9Cl2NOS/c9-5-8(12)11-4-3-6-1-2-7(10)13-6/h1-2H,3-5H2,(H,11,12). The maximum atomic E-state index is 10.7. The van der Waals surface area contributed by atoms with Crippen LogP contribution in [0.4, 0.5) is 0 Å². The van der Waals surface area contributed by atoms with Gasteiger partial charge >= 0.3 is 0 Å². The third kappa shape index (κ3) is 3.98. The van der Waals surface area contributed by atoms with Crippen molar-refractivity contribution in [2.75, 3.05) is 12.4 Å². The monoisotopic (exact) mass is 237 g/mol. The van der Waals surface area contributed by atoms with E-state index < -0.39 is 0 Å². The summed E-state index contributed by atoms with van der Waals surface area (Å²) in [7, 11) is 0. The van der Waals surface area contributed by atoms with Crippen LogP contribution in [0, 0.1) is 0 Å². The van der Waals surface area contributed by atoms with E-state index in [1.807, 2.05) is 12.1 Å². The van der Waals surface area contributed by atoms with E-state index in [4.69, 9.17) is 23.2 Å². The molecule has 0 radical (unpaired) electrons. The predicted octanol–water partition coefficient (Wildman–Crippen LogP) is 2.30. The summed E-state index contributed by atoms with van der Waals surface area (Å²) < 4.78 is 0.777. The van der Waals surface area contributed by atoms with Gasteiger partial charge in [-0.05, 0) is 18.6 Å². The highest BCUT2D eigenvalue weighted by molar-refractivity contribution is 7.16. The summed E-state index contributed by atoms with van der Waals surface area (Å²) in [6.45, 7) is 0.613. The molecule has 0 aliphatic heterocycles. The first-order valence-electron chi connectivity index (χ1n) is 3.79. The van der Waals surface area contributed by atoms with E-state index in [1.54, 1.807) is 0 Å². The van der Waals surface area contributed by atoms with Gasteiger partial charge in [-0.2, -0.15) is 0 Å². The zero-order valence-corrected chi connectivity index (χ0v) is 9.18. The maximum Gasteiger partial charge on any atom is 0.234 e. The molecule has 0 saturated carbocycles. The minimum Gasteiger partial charge on any atom is -0.355 e. The minimum atomic E-state index is -0.135. The molecule has 13 heavy (non-hydrogen) atoms. The van der Waals surface area contributed by atoms with Gasteiger partial charge in [-0.3, -0.25) is 4.79 Å². The third-order valence-corrected chi connectivity index (χ3v) is 2.98. The Morgan fingerprint density at radius 3 is 2.85 bits per heavy atom. The molecule has 1 N–H and O–H groups in total. The molecule has 1 heterocycles. The lowest BCUT2D eigenvalue weighted by Gasteiger charge is -1.99. The number of amides is 1. The number of carbonyl (C=O) groups is 1. The predicted molar refractivity (Wildman–Crippen MR) is 56.8 cm³/mol. The molecular formula is C8H9Cl2NOS. The normalized spacial score (nSPS) is 10.0. The van der Waals surface area contributed by atoms with E-state index in [-0.39, 0.29) is 11.8 Å². The number of thiophene rings is 1. The molecule has 5 heteroatoms. The Balaban J connectivity index is 2.24. The van der Waals surface area contributed by atoms with Gasteiger partial charge in [0.25, 0.3) is 0 Å². The zero-order chi connectivity index (χ0) is 9.68. The van der Waals surface area contributed by atoms with Crippen molar-refractivity contribution >= 4 is 40.4 Å². The number of rotatable bonds is 4. The Labute approximate surface area is 90.8 Å². The molecule has 1 amide bonds. The van der Waals surface area contributed by atoms with Crippen molar-refractivity contribution in [3.05, 3.63) is 21.3 Å². The highest BCUT2D eigenvalue weighted by atomic mass is 35.5. The second-order valence-electron chi connectivity index (χ2n) is 2.44. The van der Waals surface area contributed by atoms with Gasteiger partial charge in [0.15, 0.2) is 0 Å². The molecule has 1 aromatic heterocycles. The fourth-order valence-electron chi connectivity index (χ4n) is 0.858. The van der Waals surface area contributed by atoms with Crippen LogP contribution < -0.4 is 5.32 Å². The van der Waals surface area contributed by atoms with E-state index in [0.717, 1.165) is 10.8 Å². The Hall–Kier alpha value is -0.250. The van der Waals surface area contributed by atoms with Gasteiger partial charge in [-0.25, -0.2) is 0 Å². The highest BCUT2D eigenvalue weighted by Gasteiger charge is 1.99. The summed E-state index contributed by atoms with van der Waals surface area (Å²) in [6, 6.07) is 3.81. The van der Waals surface area contributed by atoms with E-state index in [9.17, 15) is 4.79 Å². The molecule has 2 nitrogen and oxygen atoms in total. The van der Waals surface area contributed by atoms with Crippen molar-refractivity contribution in [3.63, 3.8) is 0 Å². The topological polar surface area (TPSA) is 29.1 Å². The number of hydrogen-bond acceptors (Lipinski definition) is 2. The number of alkyl halides is 1. The molecule has 0 aliphatic carbocycles. The molecule has 0 spiro atoms. The first-order valence-corrected chi connectivity index (χ1v) is 5.52. The Bertz CT molecular complexity index is 287. The lowest BCUT2D eigenvalue weighted by molar-refractivity contribution is -0.118. The summed E-state index contributed by atoms with van der Waals surface area (Å²) >= 11 is 12.6. The smallest absolute Gasteiger partial charge is 0.234 e. The molecular weight excluding hydrogens is 229 g/mol. The quantitative estimate of drug-likeness (QED) is 0.801. The van der Waals surface area contributed by atoms with Gasteiger partial charge in [-0.15, -0.1) is 22.9 Å². The molecule has 0 aliphatic rings. The van der Waals surface area contributed by atoms with Gasteiger partial charge in [-0.1, -0.05) is 11.6 Å². The summed E-state index contributed by atoms with van der Waals surface area (Å²) in [6.07, 6.45) is 0.806. The van der Waals surface area contributed by atoms with Crippen LogP contribution in [0.1, 0.15) is 4.88 Å². The van der Waals surface area contributed by atoms with Crippen LogP contribution >= 0.6 is 34.5 Å². The van der Waals surface area contributed by atoms with Crippen LogP contribution in [0.15, 0.2) is 12.1 Å². The largest absolute Gasteiger partial charge is 0.355 e. The van der Waals surface area contributed by atoms with Crippen LogP contribution in [-0.4, -0.2) is 18.3 Å². The van der Waals surface area contributed by atoms with Crippen LogP contribution in [0.3, 0.4) is 0 Å². The summed E-state index contributed by atoms with van der Waals surface area (Å²) in [5.41, 5.74) is 0. The molecule has 0 bridgehead atoms. The van der Waals surface area contributed by atoms with Crippen molar-refractivity contribution < 1.29 is 4.79 Å². The first-order chi connectivity index (χ1) is 6.22. The average Bonchev–Trinajstić information content (AvgIpc) is 2.51. The number of halogens is 2. The highest BCUT2D eigenvalue weighted by Crippen LogP contribution is 2.21. The minimum absolute atomic E-state index is 0.0190. The van der Waals surface area contributed by atoms with Crippen LogP contribution in [-0.2, 0) is 11.2 Å². The van der Waals surface area contributed by atoms with E-state index in [0.29, 0.717) is 6.54 Å². The van der Waals surface area contributed by atoms with Gasteiger partial charge in [0.2, 0.25) is 5.91 Å². The van der Waals surface area contributed by atoms with E-state index in [2.05, 4.69) is 5.32 Å². The second-order valence-corrected chi connectivity index (χ2v) is 4.51. The molecule has 0 unspecified atom stereocenters. The fraction of sp³-hybridized carbons (Fsp3) is 0.375. The van der Waals surface area contributed by atoms with Crippen molar-refractivity contribution in [2.24, 2.45) is 0 Å². The lowest BCUT2D eigenvalue weighted by atomic mass is 10.3. The second kappa shape index (κ2) is 5.47. The maximum absolute atomic E-state index is 10.7. The van der Waals surface area contributed by atoms with Gasteiger partial charge in [0.05, 0.1) is 4.34 Å². The zero-order valence-electron chi connectivity index (χ0n) is 6.85. The molecule has 1 aromatic rings. The Morgan fingerprint density at radius 1 is 1.54 bits per heavy atom. The third-order valence-electron chi connectivity index (χ3n) is 1.44. The fourth-order valence-corrected chi connectivity index (χ4v) is 2.04. The summed E-state index contributed by atoms with van der Waals surface area (Å²) in [5.74, 6) is -0.116. The Kier molecular flexibility index (Phi) is 4.56. The van der Waals surface area contributed by atoms with Gasteiger partial charge in [0, 0.05) is 11.4 Å². The summed E-state index contributed by atoms with van der Waals surface area (Å²) in [4.78, 5) is 11.9. The molecule has 0 atom stereocenters. The van der Waals surface area contributed by atoms with Gasteiger partial charge in [0.1, 0.15) is 5.88 Å². The summed E-state index contributed by atoms with van der Waals surface area (Å²) in [5, 5.41) is 2.68. The number of hydrogen-bond donors (Lipinski definition) is 1. The average molecular weight is 238 g/mol. The number of nitrogens with one attached hydrogen (secondary N) is 1. The first kappa shape index (κ1) is 10.8. The van der Waals surface area contributed by atoms with Crippen molar-refractivity contribution in [1.29, 1.82) is 0 Å².